The zero-order valence-electron chi connectivity index (χ0n) is 29.3. The number of allylic oxidation sites excluding steroid dienone is 5. The van der Waals surface area contributed by atoms with Crippen molar-refractivity contribution in [1.82, 2.24) is 0 Å². The number of rotatable bonds is 6. The molecule has 0 aliphatic heterocycles. The fourth-order valence-corrected chi connectivity index (χ4v) is 8.53. The van der Waals surface area contributed by atoms with E-state index in [1.54, 1.807) is 0 Å². The van der Waals surface area contributed by atoms with Crippen LogP contribution in [-0.2, 0) is 0 Å². The second kappa shape index (κ2) is 13.1. The van der Waals surface area contributed by atoms with Crippen LogP contribution in [0.3, 0.4) is 0 Å². The third-order valence-electron chi connectivity index (χ3n) is 11.1. The van der Waals surface area contributed by atoms with Crippen molar-refractivity contribution >= 4 is 50.3 Å². The molecule has 8 aromatic rings. The van der Waals surface area contributed by atoms with Crippen LogP contribution < -0.4 is 4.90 Å². The number of hydrogen-bond donors (Lipinski definition) is 0. The predicted molar refractivity (Wildman–Crippen MR) is 226 cm³/mol. The molecule has 2 unspecified atom stereocenters. The standard InChI is InChI=1S/C52H37N/c1-2-14-36(15-3-1)37-26-30-41(31-27-37)53(42-32-28-38(29-33-42)50-34-39-16-4-6-18-43(39)45-20-8-10-22-47(45)50)52-25-13-12-24-49(52)51-35-40-17-5-7-19-44(40)46-21-9-11-23-48(46)51/h1-35,46,48H. The van der Waals surface area contributed by atoms with Crippen molar-refractivity contribution in [3.8, 4) is 22.3 Å². The van der Waals surface area contributed by atoms with Crippen molar-refractivity contribution in [3.05, 3.63) is 223 Å². The molecular formula is C52H37N. The molecule has 0 spiro atoms. The third kappa shape index (κ3) is 5.50. The van der Waals surface area contributed by atoms with Gasteiger partial charge in [0.25, 0.3) is 0 Å². The molecule has 250 valence electrons. The average molecular weight is 676 g/mol. The maximum Gasteiger partial charge on any atom is 0.0536 e. The van der Waals surface area contributed by atoms with Crippen LogP contribution in [0.1, 0.15) is 22.6 Å². The number of hydrogen-bond acceptors (Lipinski definition) is 1. The molecule has 10 rings (SSSR count). The maximum atomic E-state index is 2.44. The first-order valence-corrected chi connectivity index (χ1v) is 18.5. The average Bonchev–Trinajstić information content (AvgIpc) is 3.24. The van der Waals surface area contributed by atoms with Crippen molar-refractivity contribution < 1.29 is 0 Å². The topological polar surface area (TPSA) is 3.24 Å². The van der Waals surface area contributed by atoms with Gasteiger partial charge in [0.2, 0.25) is 0 Å². The molecule has 2 atom stereocenters. The zero-order valence-corrected chi connectivity index (χ0v) is 29.3. The number of nitrogens with zero attached hydrogens (tertiary/aromatic N) is 1. The molecule has 0 aromatic heterocycles. The first kappa shape index (κ1) is 31.1. The maximum absolute atomic E-state index is 2.44. The molecule has 0 radical (unpaired) electrons. The van der Waals surface area contributed by atoms with Crippen molar-refractivity contribution in [2.24, 2.45) is 5.92 Å². The van der Waals surface area contributed by atoms with E-state index in [0.29, 0.717) is 5.92 Å². The van der Waals surface area contributed by atoms with Crippen molar-refractivity contribution in [2.45, 2.75) is 5.92 Å². The Hall–Kier alpha value is -6.70. The highest BCUT2D eigenvalue weighted by Crippen LogP contribution is 2.49. The summed E-state index contributed by atoms with van der Waals surface area (Å²) in [6.45, 7) is 0. The summed E-state index contributed by atoms with van der Waals surface area (Å²) in [5.41, 5.74) is 13.5. The van der Waals surface area contributed by atoms with E-state index in [9.17, 15) is 0 Å². The Labute approximate surface area is 311 Å². The van der Waals surface area contributed by atoms with Crippen LogP contribution in [0.15, 0.2) is 206 Å². The number of benzene rings is 8. The monoisotopic (exact) mass is 675 g/mol. The first-order chi connectivity index (χ1) is 26.3. The van der Waals surface area contributed by atoms with Gasteiger partial charge >= 0.3 is 0 Å². The minimum atomic E-state index is 0.252. The molecule has 0 saturated heterocycles. The largest absolute Gasteiger partial charge is 0.310 e. The van der Waals surface area contributed by atoms with Crippen molar-refractivity contribution in [1.29, 1.82) is 0 Å². The normalized spacial score (nSPS) is 15.9. The Morgan fingerprint density at radius 2 is 0.981 bits per heavy atom. The fourth-order valence-electron chi connectivity index (χ4n) is 8.53. The Morgan fingerprint density at radius 3 is 1.77 bits per heavy atom. The highest BCUT2D eigenvalue weighted by Gasteiger charge is 2.32. The molecular weight excluding hydrogens is 639 g/mol. The summed E-state index contributed by atoms with van der Waals surface area (Å²) in [6, 6.07) is 66.4. The molecule has 53 heavy (non-hydrogen) atoms. The molecule has 2 aliphatic rings. The Bertz CT molecular complexity index is 2710. The van der Waals surface area contributed by atoms with E-state index >= 15 is 0 Å². The van der Waals surface area contributed by atoms with Gasteiger partial charge in [-0.15, -0.1) is 0 Å². The fraction of sp³-hybridized carbons (Fsp3) is 0.0385. The molecule has 8 aromatic carbocycles. The SMILES string of the molecule is C1=CC2C(c3ccccc3N(c3ccc(-c4ccccc4)cc3)c3ccc(-c4cc5ccccc5c5ccccc45)cc3)=Cc3ccccc3C2C=C1. The summed E-state index contributed by atoms with van der Waals surface area (Å²) in [5, 5.41) is 5.10. The van der Waals surface area contributed by atoms with Crippen LogP contribution >= 0.6 is 0 Å². The van der Waals surface area contributed by atoms with Gasteiger partial charge in [0.1, 0.15) is 0 Å². The molecule has 0 bridgehead atoms. The van der Waals surface area contributed by atoms with Gasteiger partial charge in [-0.1, -0.05) is 176 Å². The molecule has 0 saturated carbocycles. The van der Waals surface area contributed by atoms with Gasteiger partial charge in [0, 0.05) is 28.8 Å². The molecule has 0 amide bonds. The zero-order chi connectivity index (χ0) is 35.1. The number of para-hydroxylation sites is 1. The number of fused-ring (bicyclic) bond motifs is 6. The van der Waals surface area contributed by atoms with Gasteiger partial charge in [0.05, 0.1) is 5.69 Å². The second-order valence-corrected chi connectivity index (χ2v) is 14.1. The molecule has 1 nitrogen and oxygen atoms in total. The minimum absolute atomic E-state index is 0.252. The quantitative estimate of drug-likeness (QED) is 0.159. The Morgan fingerprint density at radius 1 is 0.396 bits per heavy atom. The summed E-state index contributed by atoms with van der Waals surface area (Å²) in [6.07, 6.45) is 11.6. The smallest absolute Gasteiger partial charge is 0.0536 e. The minimum Gasteiger partial charge on any atom is -0.310 e. The van der Waals surface area contributed by atoms with E-state index in [4.69, 9.17) is 0 Å². The van der Waals surface area contributed by atoms with E-state index in [1.165, 1.54) is 66.1 Å². The van der Waals surface area contributed by atoms with Crippen molar-refractivity contribution in [3.63, 3.8) is 0 Å². The summed E-state index contributed by atoms with van der Waals surface area (Å²) >= 11 is 0. The van der Waals surface area contributed by atoms with Gasteiger partial charge in [0.15, 0.2) is 0 Å². The molecule has 0 heterocycles. The molecule has 0 fully saturated rings. The van der Waals surface area contributed by atoms with Crippen LogP contribution in [0.2, 0.25) is 0 Å². The molecule has 1 heteroatoms. The highest BCUT2D eigenvalue weighted by atomic mass is 15.1. The van der Waals surface area contributed by atoms with E-state index < -0.39 is 0 Å². The molecule has 0 N–H and O–H groups in total. The lowest BCUT2D eigenvalue weighted by Gasteiger charge is -2.35. The lowest BCUT2D eigenvalue weighted by Crippen LogP contribution is -2.19. The van der Waals surface area contributed by atoms with Crippen LogP contribution in [0.25, 0.3) is 55.4 Å². The summed E-state index contributed by atoms with van der Waals surface area (Å²) < 4.78 is 0. The lowest BCUT2D eigenvalue weighted by atomic mass is 9.71. The van der Waals surface area contributed by atoms with Crippen LogP contribution in [0, 0.1) is 5.92 Å². The van der Waals surface area contributed by atoms with Crippen LogP contribution in [0.5, 0.6) is 0 Å². The van der Waals surface area contributed by atoms with Gasteiger partial charge in [-0.05, 0) is 96.9 Å². The lowest BCUT2D eigenvalue weighted by molar-refractivity contribution is 0.709. The summed E-state index contributed by atoms with van der Waals surface area (Å²) in [7, 11) is 0. The number of anilines is 3. The Kier molecular flexibility index (Phi) is 7.69. The van der Waals surface area contributed by atoms with E-state index in [-0.39, 0.29) is 5.92 Å². The van der Waals surface area contributed by atoms with Gasteiger partial charge in [-0.2, -0.15) is 0 Å². The summed E-state index contributed by atoms with van der Waals surface area (Å²) in [4.78, 5) is 2.44. The van der Waals surface area contributed by atoms with Crippen LogP contribution in [0.4, 0.5) is 17.1 Å². The van der Waals surface area contributed by atoms with Gasteiger partial charge in [-0.3, -0.25) is 0 Å². The summed E-state index contributed by atoms with van der Waals surface area (Å²) in [5.74, 6) is 0.556. The van der Waals surface area contributed by atoms with E-state index in [1.807, 2.05) is 0 Å². The van der Waals surface area contributed by atoms with Crippen molar-refractivity contribution in [2.75, 3.05) is 4.90 Å². The highest BCUT2D eigenvalue weighted by molar-refractivity contribution is 6.13. The Balaban J connectivity index is 1.13. The van der Waals surface area contributed by atoms with Gasteiger partial charge < -0.3 is 4.90 Å². The van der Waals surface area contributed by atoms with Crippen LogP contribution in [-0.4, -0.2) is 0 Å². The van der Waals surface area contributed by atoms with Gasteiger partial charge in [-0.25, -0.2) is 0 Å². The van der Waals surface area contributed by atoms with E-state index in [2.05, 4.69) is 217 Å². The molecule has 2 aliphatic carbocycles. The second-order valence-electron chi connectivity index (χ2n) is 14.1. The van der Waals surface area contributed by atoms with E-state index in [0.717, 1.165) is 17.1 Å². The third-order valence-corrected chi connectivity index (χ3v) is 11.1. The first-order valence-electron chi connectivity index (χ1n) is 18.5. The predicted octanol–water partition coefficient (Wildman–Crippen LogP) is 14.2.